The molecular weight excluding hydrogens is 1890 g/mol. The van der Waals surface area contributed by atoms with Crippen molar-refractivity contribution in [2.75, 3.05) is 158 Å². The number of ether oxygens (including phenoxy) is 12. The number of carbonyl (C=O) groups is 6. The normalized spacial score (nSPS) is 11.8. The lowest BCUT2D eigenvalue weighted by Crippen LogP contribution is -2.35. The Morgan fingerprint density at radius 1 is 0.160 bits per heavy atom. The molecule has 24 nitrogen and oxygen atoms in total. The van der Waals surface area contributed by atoms with E-state index < -0.39 is 0 Å². The predicted molar refractivity (Wildman–Crippen MR) is 609 cm³/mol. The molecule has 6 aromatic carbocycles. The van der Waals surface area contributed by atoms with Gasteiger partial charge in [-0.2, -0.15) is 0 Å². The van der Waals surface area contributed by atoms with Crippen LogP contribution in [0.25, 0.3) is 0 Å². The van der Waals surface area contributed by atoms with Crippen LogP contribution in [0.15, 0.2) is 72.8 Å². The molecule has 0 unspecified atom stereocenters. The fourth-order valence-corrected chi connectivity index (χ4v) is 20.0. The van der Waals surface area contributed by atoms with Crippen molar-refractivity contribution in [3.63, 3.8) is 0 Å². The van der Waals surface area contributed by atoms with E-state index in [0.29, 0.717) is 254 Å². The largest absolute Gasteiger partial charge is 0.494 e. The van der Waals surface area contributed by atoms with E-state index in [2.05, 4.69) is 41.5 Å². The average molecular weight is 2080 g/mol. The molecule has 0 saturated heterocycles. The van der Waals surface area contributed by atoms with Gasteiger partial charge in [0, 0.05) is 184 Å². The van der Waals surface area contributed by atoms with Gasteiger partial charge in [0.2, 0.25) is 0 Å². The smallest absolute Gasteiger partial charge is 0.260 e. The number of unbranched alkanes of at least 4 members (excludes halogenated alkanes) is 30. The van der Waals surface area contributed by atoms with Crippen LogP contribution in [0.4, 0.5) is 0 Å². The lowest BCUT2D eigenvalue weighted by molar-refractivity contribution is -0.133. The molecule has 0 aliphatic heterocycles. The van der Waals surface area contributed by atoms with E-state index in [-0.39, 0.29) is 114 Å². The molecule has 0 aromatic heterocycles. The lowest BCUT2D eigenvalue weighted by atomic mass is 9.90. The van der Waals surface area contributed by atoms with Gasteiger partial charge < -0.3 is 86.2 Å². The van der Waals surface area contributed by atoms with Gasteiger partial charge in [0.1, 0.15) is 69.0 Å². The number of likely N-dealkylation sites (N-methyl/N-ethyl adjacent to an activating group) is 6. The summed E-state index contributed by atoms with van der Waals surface area (Å²) < 4.78 is 87.5. The Morgan fingerprint density at radius 2 is 0.267 bits per heavy atom. The van der Waals surface area contributed by atoms with Gasteiger partial charge in [-0.1, -0.05) is 234 Å². The summed E-state index contributed by atoms with van der Waals surface area (Å²) in [6, 6.07) is 24.3. The summed E-state index contributed by atoms with van der Waals surface area (Å²) in [6.07, 6.45) is 37.3. The van der Waals surface area contributed by atoms with E-state index in [9.17, 15) is 0 Å². The third-order valence-corrected chi connectivity index (χ3v) is 28.9. The molecule has 0 radical (unpaired) electrons. The van der Waals surface area contributed by atoms with Crippen LogP contribution in [-0.2, 0) is 67.3 Å². The topological polar surface area (TPSA) is 233 Å². The third-order valence-electron chi connectivity index (χ3n) is 28.9. The molecule has 0 N–H and O–H groups in total. The van der Waals surface area contributed by atoms with E-state index in [4.69, 9.17) is 56.8 Å². The zero-order valence-electron chi connectivity index (χ0n) is 96.6. The van der Waals surface area contributed by atoms with Gasteiger partial charge in [-0.05, 0) is 194 Å². The molecule has 1 aliphatic carbocycles. The van der Waals surface area contributed by atoms with Crippen LogP contribution < -0.4 is 56.8 Å². The molecule has 6 aromatic rings. The molecule has 12 bridgehead atoms. The number of benzene rings is 6. The van der Waals surface area contributed by atoms with Crippen LogP contribution in [0.2, 0.25) is 0 Å². The molecule has 7 rings (SSSR count). The van der Waals surface area contributed by atoms with Crippen molar-refractivity contribution in [2.24, 2.45) is 0 Å². The monoisotopic (exact) mass is 2080 g/mol. The highest BCUT2D eigenvalue weighted by Gasteiger charge is 2.32. The zero-order chi connectivity index (χ0) is 108. The second kappa shape index (κ2) is 74.7. The minimum absolute atomic E-state index is 0.0626. The predicted octanol–water partition coefficient (Wildman–Crippen LogP) is 27.5. The average Bonchev–Trinajstić information content (AvgIpc) is 0.772. The first kappa shape index (κ1) is 127. The van der Waals surface area contributed by atoms with E-state index in [0.717, 1.165) is 231 Å². The molecule has 0 spiro atoms. The Balaban J connectivity index is 1.87. The Bertz CT molecular complexity index is 3950. The van der Waals surface area contributed by atoms with Gasteiger partial charge in [-0.15, -0.1) is 0 Å². The lowest BCUT2D eigenvalue weighted by Gasteiger charge is -2.26. The summed E-state index contributed by atoms with van der Waals surface area (Å²) in [5.74, 6) is 4.33. The number of hydrogen-bond donors (Lipinski definition) is 0. The number of fused-ring (bicyclic) bond motifs is 12. The molecule has 6 amide bonds. The SMILES string of the molecule is CCCCCCCCOc1cc2c(OCC(=O)N(CC)CC)c(c1)Cc1cc(OCCCCCCCC)cc(c1OCC(=O)N(CC)CC)Cc1cc(OCCCCCCCC)cc(c1OCC(=O)N(CC)CC)Cc1cc(OCCCCCCCC)cc(c1OCC(=O)N(CC)CC)Cc1cc(OCCCCCCCC)cc(c1OCC(=O)N(CC)CC)Cc1cc(OCCCCCCCC)cc(c1OCC(=O)N(CC)CC)C2. The van der Waals surface area contributed by atoms with Crippen LogP contribution in [0.1, 0.15) is 423 Å². The minimum atomic E-state index is -0.347. The van der Waals surface area contributed by atoms with Gasteiger partial charge in [-0.3, -0.25) is 28.8 Å². The minimum Gasteiger partial charge on any atom is -0.494 e. The zero-order valence-corrected chi connectivity index (χ0v) is 96.6. The molecule has 0 fully saturated rings. The van der Waals surface area contributed by atoms with Gasteiger partial charge in [0.05, 0.1) is 39.6 Å². The molecule has 1 aliphatic rings. The maximum absolute atomic E-state index is 15.1. The number of nitrogens with zero attached hydrogens (tertiary/aromatic N) is 6. The van der Waals surface area contributed by atoms with Crippen LogP contribution in [0.5, 0.6) is 69.0 Å². The Morgan fingerprint density at radius 3 is 0.373 bits per heavy atom. The van der Waals surface area contributed by atoms with E-state index in [1.54, 1.807) is 29.4 Å². The first-order valence-electron chi connectivity index (χ1n) is 59.3. The maximum atomic E-state index is 15.1. The van der Waals surface area contributed by atoms with Crippen molar-refractivity contribution in [1.29, 1.82) is 0 Å². The Hall–Kier alpha value is -10.3. The number of rotatable bonds is 78. The summed E-state index contributed by atoms with van der Waals surface area (Å²) in [5.41, 5.74) is 7.59. The van der Waals surface area contributed by atoms with Crippen molar-refractivity contribution in [3.8, 4) is 69.0 Å². The third kappa shape index (κ3) is 44.1. The van der Waals surface area contributed by atoms with Crippen molar-refractivity contribution in [2.45, 2.75) is 394 Å². The molecule has 150 heavy (non-hydrogen) atoms. The van der Waals surface area contributed by atoms with E-state index in [1.165, 1.54) is 0 Å². The number of carbonyl (C=O) groups excluding carboxylic acids is 6. The van der Waals surface area contributed by atoms with Crippen LogP contribution >= 0.6 is 0 Å². The second-order valence-corrected chi connectivity index (χ2v) is 40.3. The van der Waals surface area contributed by atoms with Gasteiger partial charge in [-0.25, -0.2) is 0 Å². The molecule has 0 atom stereocenters. The van der Waals surface area contributed by atoms with Crippen LogP contribution in [-0.4, -0.2) is 223 Å². The number of amides is 6. The first-order chi connectivity index (χ1) is 73.1. The van der Waals surface area contributed by atoms with Gasteiger partial charge in [0.25, 0.3) is 35.4 Å². The van der Waals surface area contributed by atoms with Crippen LogP contribution in [0, 0.1) is 0 Å². The molecule has 24 heteroatoms. The summed E-state index contributed by atoms with van der Waals surface area (Å²) in [6.45, 7) is 42.5. The second-order valence-electron chi connectivity index (χ2n) is 40.3. The summed E-state index contributed by atoms with van der Waals surface area (Å²) >= 11 is 0. The molecule has 840 valence electrons. The highest BCUT2D eigenvalue weighted by atomic mass is 16.5. The molecule has 0 heterocycles. The standard InChI is InChI=1S/C126H198N6O18/c1-19-37-43-49-55-61-67-139-109-79-97-73-99-81-110(140-68-62-56-50-44-38-20-2)83-101(122(99)146-92-116(134)128(27-9)28-10)75-103-85-112(142-70-64-58-52-46-40-22-4)87-105(124(103)148-94-118(136)130(31-13)32-14)77-107-89-114(144-72-66-60-54-48-42-24-6)90-108(126(107)150-96-120(138)132(35-17)36-18)78-106-88-113(143-71-65-59-53-47-41-23-5)86-104(125(106)149-95-119(137)131(33-15)34-16)76-102-84-111(141-69-63-57-51-45-39-21-3)82-100(123(102)147-93-117(135)129(29-11)30-12)74-98(80-109)121(97)145-91-115(133)127(25-7)26-8/h79-90H,19-78,91-96H2,1-18H3. The highest BCUT2D eigenvalue weighted by molar-refractivity contribution is 5.81. The summed E-state index contributed by atoms with van der Waals surface area (Å²) in [7, 11) is 0. The summed E-state index contributed by atoms with van der Waals surface area (Å²) in [4.78, 5) is 101. The Kier molecular flexibility index (Phi) is 63.0. The first-order valence-corrected chi connectivity index (χ1v) is 59.3. The van der Waals surface area contributed by atoms with Gasteiger partial charge >= 0.3 is 0 Å². The van der Waals surface area contributed by atoms with Crippen molar-refractivity contribution in [3.05, 3.63) is 140 Å². The van der Waals surface area contributed by atoms with E-state index >= 15 is 28.8 Å². The Labute approximate surface area is 905 Å². The fourth-order valence-electron chi connectivity index (χ4n) is 20.0. The van der Waals surface area contributed by atoms with Gasteiger partial charge in [0.15, 0.2) is 39.6 Å². The fraction of sp³-hybridized carbons (Fsp3) is 0.667. The number of hydrogen-bond acceptors (Lipinski definition) is 18. The van der Waals surface area contributed by atoms with Crippen molar-refractivity contribution >= 4 is 35.4 Å². The van der Waals surface area contributed by atoms with Crippen molar-refractivity contribution < 1.29 is 85.6 Å². The quantitative estimate of drug-likeness (QED) is 0.0322. The molecular formula is C126H198N6O18. The summed E-state index contributed by atoms with van der Waals surface area (Å²) in [5, 5.41) is 0. The van der Waals surface area contributed by atoms with E-state index in [1.807, 2.05) is 156 Å². The molecule has 0 saturated carbocycles. The van der Waals surface area contributed by atoms with Crippen molar-refractivity contribution in [1.82, 2.24) is 29.4 Å². The maximum Gasteiger partial charge on any atom is 0.260 e. The highest BCUT2D eigenvalue weighted by Crippen LogP contribution is 2.47. The van der Waals surface area contributed by atoms with Crippen LogP contribution in [0.3, 0.4) is 0 Å².